The van der Waals surface area contributed by atoms with Crippen molar-refractivity contribution >= 4 is 11.6 Å². The zero-order chi connectivity index (χ0) is 11.3. The van der Waals surface area contributed by atoms with E-state index in [0.717, 1.165) is 23.7 Å². The molecule has 1 unspecified atom stereocenters. The van der Waals surface area contributed by atoms with E-state index >= 15 is 0 Å². The maximum absolute atomic E-state index is 5.99. The molecule has 0 bridgehead atoms. The summed E-state index contributed by atoms with van der Waals surface area (Å²) in [5, 5.41) is 3.99. The Bertz CT molecular complexity index is 308. The van der Waals surface area contributed by atoms with Crippen molar-refractivity contribution in [1.82, 2.24) is 5.32 Å². The van der Waals surface area contributed by atoms with Gasteiger partial charge in [-0.25, -0.2) is 0 Å². The lowest BCUT2D eigenvalue weighted by atomic mass is 9.98. The third kappa shape index (κ3) is 3.49. The molecule has 0 aromatic heterocycles. The van der Waals surface area contributed by atoms with Gasteiger partial charge in [0.25, 0.3) is 0 Å². The molecule has 0 saturated carbocycles. The fraction of sp³-hybridized carbons (Fsp3) is 0.500. The molecule has 1 N–H and O–H groups in total. The lowest BCUT2D eigenvalue weighted by molar-refractivity contribution is 0.178. The van der Waals surface area contributed by atoms with Gasteiger partial charge in [0.1, 0.15) is 0 Å². The van der Waals surface area contributed by atoms with Gasteiger partial charge in [0.2, 0.25) is 0 Å². The average Bonchev–Trinajstić information content (AvgIpc) is 2.22. The van der Waals surface area contributed by atoms with Crippen LogP contribution in [0.15, 0.2) is 18.2 Å². The number of hydrogen-bond acceptors (Lipinski definition) is 2. The van der Waals surface area contributed by atoms with E-state index in [1.807, 2.05) is 20.0 Å². The Morgan fingerprint density at radius 1 is 1.47 bits per heavy atom. The number of nitrogens with one attached hydrogen (secondary N) is 1. The van der Waals surface area contributed by atoms with E-state index in [2.05, 4.69) is 17.4 Å². The number of ether oxygens (including phenoxy) is 1. The minimum atomic E-state index is 0.385. The zero-order valence-electron chi connectivity index (χ0n) is 9.51. The molecule has 0 aliphatic carbocycles. The Labute approximate surface area is 96.6 Å². The summed E-state index contributed by atoms with van der Waals surface area (Å²) < 4.78 is 5.21. The zero-order valence-corrected chi connectivity index (χ0v) is 10.3. The van der Waals surface area contributed by atoms with Gasteiger partial charge in [-0.15, -0.1) is 0 Å². The van der Waals surface area contributed by atoms with Crippen LogP contribution in [-0.2, 0) is 4.74 Å². The molecule has 3 heteroatoms. The molecule has 0 aliphatic rings. The summed E-state index contributed by atoms with van der Waals surface area (Å²) in [5.41, 5.74) is 2.39. The van der Waals surface area contributed by atoms with Crippen LogP contribution in [0.1, 0.15) is 17.0 Å². The molecule has 0 spiro atoms. The van der Waals surface area contributed by atoms with Gasteiger partial charge in [-0.3, -0.25) is 0 Å². The van der Waals surface area contributed by atoms with Gasteiger partial charge >= 0.3 is 0 Å². The first-order valence-electron chi connectivity index (χ1n) is 5.08. The lowest BCUT2D eigenvalue weighted by Crippen LogP contribution is -2.21. The molecule has 1 atom stereocenters. The topological polar surface area (TPSA) is 21.3 Å². The second-order valence-corrected chi connectivity index (χ2v) is 4.13. The number of rotatable bonds is 5. The molecule has 1 aromatic rings. The fourth-order valence-electron chi connectivity index (χ4n) is 1.64. The van der Waals surface area contributed by atoms with E-state index in [9.17, 15) is 0 Å². The standard InChI is InChI=1S/C12H18ClNO/c1-9-6-10(4-5-12(9)13)11(7-14-2)8-15-3/h4-6,11,14H,7-8H2,1-3H3. The summed E-state index contributed by atoms with van der Waals surface area (Å²) >= 11 is 5.99. The summed E-state index contributed by atoms with van der Waals surface area (Å²) in [7, 11) is 3.68. The van der Waals surface area contributed by atoms with Gasteiger partial charge in [-0.2, -0.15) is 0 Å². The molecule has 0 saturated heterocycles. The Kier molecular flexibility index (Phi) is 5.09. The molecule has 0 fully saturated rings. The van der Waals surface area contributed by atoms with Crippen LogP contribution in [0.2, 0.25) is 5.02 Å². The van der Waals surface area contributed by atoms with E-state index in [1.54, 1.807) is 7.11 Å². The number of methoxy groups -OCH3 is 1. The van der Waals surface area contributed by atoms with Crippen molar-refractivity contribution in [3.63, 3.8) is 0 Å². The van der Waals surface area contributed by atoms with Crippen LogP contribution in [0.5, 0.6) is 0 Å². The summed E-state index contributed by atoms with van der Waals surface area (Å²) in [6.07, 6.45) is 0. The van der Waals surface area contributed by atoms with Crippen molar-refractivity contribution in [1.29, 1.82) is 0 Å². The lowest BCUT2D eigenvalue weighted by Gasteiger charge is -2.16. The summed E-state index contributed by atoms with van der Waals surface area (Å²) in [6.45, 7) is 3.66. The predicted molar refractivity (Wildman–Crippen MR) is 64.7 cm³/mol. The van der Waals surface area contributed by atoms with E-state index < -0.39 is 0 Å². The minimum Gasteiger partial charge on any atom is -0.384 e. The van der Waals surface area contributed by atoms with Gasteiger partial charge in [0.15, 0.2) is 0 Å². The number of halogens is 1. The van der Waals surface area contributed by atoms with E-state index in [1.165, 1.54) is 5.56 Å². The number of hydrogen-bond donors (Lipinski definition) is 1. The molecule has 0 aliphatic heterocycles. The van der Waals surface area contributed by atoms with Crippen molar-refractivity contribution in [3.05, 3.63) is 34.3 Å². The Hall–Kier alpha value is -0.570. The second kappa shape index (κ2) is 6.11. The van der Waals surface area contributed by atoms with Crippen molar-refractivity contribution in [2.75, 3.05) is 27.3 Å². The highest BCUT2D eigenvalue weighted by Gasteiger charge is 2.11. The molecule has 2 nitrogen and oxygen atoms in total. The molecule has 0 heterocycles. The van der Waals surface area contributed by atoms with E-state index in [4.69, 9.17) is 16.3 Å². The molecule has 0 amide bonds. The number of aryl methyl sites for hydroxylation is 1. The van der Waals surface area contributed by atoms with E-state index in [0.29, 0.717) is 5.92 Å². The molecular weight excluding hydrogens is 210 g/mol. The second-order valence-electron chi connectivity index (χ2n) is 3.72. The third-order valence-electron chi connectivity index (χ3n) is 2.47. The van der Waals surface area contributed by atoms with Crippen LogP contribution in [0.3, 0.4) is 0 Å². The quantitative estimate of drug-likeness (QED) is 0.835. The normalized spacial score (nSPS) is 12.8. The van der Waals surface area contributed by atoms with Crippen molar-refractivity contribution in [2.24, 2.45) is 0 Å². The summed E-state index contributed by atoms with van der Waals surface area (Å²) in [4.78, 5) is 0. The first kappa shape index (κ1) is 12.5. The van der Waals surface area contributed by atoms with Crippen LogP contribution in [-0.4, -0.2) is 27.3 Å². The third-order valence-corrected chi connectivity index (χ3v) is 2.90. The first-order chi connectivity index (χ1) is 7.19. The monoisotopic (exact) mass is 227 g/mol. The maximum atomic E-state index is 5.99. The Morgan fingerprint density at radius 2 is 2.20 bits per heavy atom. The smallest absolute Gasteiger partial charge is 0.0543 e. The molecule has 15 heavy (non-hydrogen) atoms. The molecular formula is C12H18ClNO. The molecule has 84 valence electrons. The molecule has 0 radical (unpaired) electrons. The summed E-state index contributed by atoms with van der Waals surface area (Å²) in [6, 6.07) is 6.14. The van der Waals surface area contributed by atoms with Crippen LogP contribution in [0, 0.1) is 6.92 Å². The summed E-state index contributed by atoms with van der Waals surface area (Å²) in [5.74, 6) is 0.385. The van der Waals surface area contributed by atoms with Gasteiger partial charge in [0.05, 0.1) is 6.61 Å². The number of likely N-dealkylation sites (N-methyl/N-ethyl adjacent to an activating group) is 1. The number of benzene rings is 1. The Morgan fingerprint density at radius 3 is 2.73 bits per heavy atom. The van der Waals surface area contributed by atoms with Crippen LogP contribution in [0.4, 0.5) is 0 Å². The van der Waals surface area contributed by atoms with E-state index in [-0.39, 0.29) is 0 Å². The van der Waals surface area contributed by atoms with Gasteiger partial charge < -0.3 is 10.1 Å². The highest BCUT2D eigenvalue weighted by atomic mass is 35.5. The molecule has 1 aromatic carbocycles. The van der Waals surface area contributed by atoms with Gasteiger partial charge in [-0.05, 0) is 31.2 Å². The van der Waals surface area contributed by atoms with Crippen molar-refractivity contribution < 1.29 is 4.74 Å². The van der Waals surface area contributed by atoms with Crippen LogP contribution in [0.25, 0.3) is 0 Å². The average molecular weight is 228 g/mol. The first-order valence-corrected chi connectivity index (χ1v) is 5.46. The van der Waals surface area contributed by atoms with Crippen LogP contribution >= 0.6 is 11.6 Å². The Balaban J connectivity index is 2.85. The van der Waals surface area contributed by atoms with Crippen LogP contribution < -0.4 is 5.32 Å². The largest absolute Gasteiger partial charge is 0.384 e. The van der Waals surface area contributed by atoms with Crippen molar-refractivity contribution in [3.8, 4) is 0 Å². The minimum absolute atomic E-state index is 0.385. The van der Waals surface area contributed by atoms with Crippen molar-refractivity contribution in [2.45, 2.75) is 12.8 Å². The highest BCUT2D eigenvalue weighted by Crippen LogP contribution is 2.22. The SMILES string of the molecule is CNCC(COC)c1ccc(Cl)c(C)c1. The van der Waals surface area contributed by atoms with Gasteiger partial charge in [-0.1, -0.05) is 23.7 Å². The predicted octanol–water partition coefficient (Wildman–Crippen LogP) is 2.60. The maximum Gasteiger partial charge on any atom is 0.0543 e. The highest BCUT2D eigenvalue weighted by molar-refractivity contribution is 6.31. The van der Waals surface area contributed by atoms with Gasteiger partial charge in [0, 0.05) is 24.6 Å². The fourth-order valence-corrected chi connectivity index (χ4v) is 1.76. The molecule has 1 rings (SSSR count).